The summed E-state index contributed by atoms with van der Waals surface area (Å²) in [4.78, 5) is 0. The maximum Gasteiger partial charge on any atom is 0.190 e. The van der Waals surface area contributed by atoms with E-state index in [1.807, 2.05) is 6.07 Å². The molecule has 124 valence electrons. The van der Waals surface area contributed by atoms with Gasteiger partial charge in [0.1, 0.15) is 0 Å². The molecular formula is C21H14Cl2O2. The van der Waals surface area contributed by atoms with E-state index in [-0.39, 0.29) is 5.41 Å². The van der Waals surface area contributed by atoms with Crippen molar-refractivity contribution in [1.82, 2.24) is 0 Å². The summed E-state index contributed by atoms with van der Waals surface area (Å²) in [7, 11) is 0. The number of rotatable bonds is 0. The molecule has 0 saturated heterocycles. The Morgan fingerprint density at radius 3 is 2.00 bits per heavy atom. The van der Waals surface area contributed by atoms with E-state index >= 15 is 0 Å². The normalized spacial score (nSPS) is 15.4. The summed E-state index contributed by atoms with van der Waals surface area (Å²) in [6, 6.07) is 16.0. The molecule has 5 rings (SSSR count). The Hall–Kier alpha value is -2.16. The van der Waals surface area contributed by atoms with Gasteiger partial charge in [0.05, 0.1) is 10.0 Å². The fraction of sp³-hybridized carbons (Fsp3) is 0.143. The monoisotopic (exact) mass is 368 g/mol. The van der Waals surface area contributed by atoms with Crippen LogP contribution in [0.3, 0.4) is 0 Å². The van der Waals surface area contributed by atoms with Crippen LogP contribution in [-0.2, 0) is 5.41 Å². The molecular weight excluding hydrogens is 355 g/mol. The molecule has 3 aromatic carbocycles. The maximum absolute atomic E-state index is 6.26. The molecule has 0 unspecified atom stereocenters. The van der Waals surface area contributed by atoms with E-state index < -0.39 is 0 Å². The van der Waals surface area contributed by atoms with E-state index in [4.69, 9.17) is 32.7 Å². The van der Waals surface area contributed by atoms with Gasteiger partial charge in [0.25, 0.3) is 0 Å². The van der Waals surface area contributed by atoms with Crippen LogP contribution in [0.15, 0.2) is 48.5 Å². The van der Waals surface area contributed by atoms with Gasteiger partial charge < -0.3 is 9.47 Å². The molecule has 0 atom stereocenters. The fourth-order valence-corrected chi connectivity index (χ4v) is 4.17. The lowest BCUT2D eigenvalue weighted by Crippen LogP contribution is -2.15. The van der Waals surface area contributed by atoms with Crippen molar-refractivity contribution < 1.29 is 9.47 Å². The number of benzene rings is 3. The minimum Gasteiger partial charge on any atom is -0.448 e. The van der Waals surface area contributed by atoms with Gasteiger partial charge in [0.15, 0.2) is 23.0 Å². The Kier molecular flexibility index (Phi) is 2.99. The molecule has 2 nitrogen and oxygen atoms in total. The molecule has 1 aliphatic heterocycles. The highest BCUT2D eigenvalue weighted by molar-refractivity contribution is 6.35. The molecule has 1 heterocycles. The van der Waals surface area contributed by atoms with Gasteiger partial charge in [-0.15, -0.1) is 0 Å². The van der Waals surface area contributed by atoms with Crippen molar-refractivity contribution in [2.45, 2.75) is 19.3 Å². The second kappa shape index (κ2) is 4.94. The zero-order chi connectivity index (χ0) is 17.3. The van der Waals surface area contributed by atoms with Crippen molar-refractivity contribution >= 4 is 23.2 Å². The van der Waals surface area contributed by atoms with Crippen LogP contribution in [0.4, 0.5) is 0 Å². The van der Waals surface area contributed by atoms with E-state index in [0.717, 1.165) is 0 Å². The quantitative estimate of drug-likeness (QED) is 0.326. The predicted octanol–water partition coefficient (Wildman–Crippen LogP) is 7.20. The Labute approximate surface area is 155 Å². The Bertz CT molecular complexity index is 1050. The standard InChI is InChI=1S/C21H14Cl2O2/c1-21(2)13-6-4-3-5-11(13)12-9-17-18(10-14(12)21)25-20-16(23)8-7-15(22)19(20)24-17/h3-10H,1-2H3. The summed E-state index contributed by atoms with van der Waals surface area (Å²) in [5.74, 6) is 2.25. The zero-order valence-corrected chi connectivity index (χ0v) is 15.2. The van der Waals surface area contributed by atoms with E-state index in [9.17, 15) is 0 Å². The van der Waals surface area contributed by atoms with E-state index in [0.29, 0.717) is 33.0 Å². The summed E-state index contributed by atoms with van der Waals surface area (Å²) in [5, 5.41) is 0.958. The molecule has 1 aliphatic carbocycles. The van der Waals surface area contributed by atoms with Crippen LogP contribution in [0.25, 0.3) is 11.1 Å². The van der Waals surface area contributed by atoms with Crippen LogP contribution in [0, 0.1) is 0 Å². The van der Waals surface area contributed by atoms with E-state index in [1.165, 1.54) is 22.3 Å². The number of hydrogen-bond acceptors (Lipinski definition) is 2. The molecule has 3 aromatic rings. The Balaban J connectivity index is 1.73. The first-order valence-corrected chi connectivity index (χ1v) is 8.84. The SMILES string of the molecule is CC1(C)c2ccccc2-c2cc3c(cc21)Oc1c(Cl)ccc(Cl)c1O3. The van der Waals surface area contributed by atoms with Crippen molar-refractivity contribution in [2.24, 2.45) is 0 Å². The highest BCUT2D eigenvalue weighted by Gasteiger charge is 2.37. The first-order chi connectivity index (χ1) is 12.0. The van der Waals surface area contributed by atoms with Crippen molar-refractivity contribution in [1.29, 1.82) is 0 Å². The predicted molar refractivity (Wildman–Crippen MR) is 101 cm³/mol. The average Bonchev–Trinajstić information content (AvgIpc) is 2.83. The zero-order valence-electron chi connectivity index (χ0n) is 13.7. The van der Waals surface area contributed by atoms with Crippen molar-refractivity contribution in [3.63, 3.8) is 0 Å². The molecule has 0 radical (unpaired) electrons. The van der Waals surface area contributed by atoms with Crippen LogP contribution >= 0.6 is 23.2 Å². The lowest BCUT2D eigenvalue weighted by Gasteiger charge is -2.26. The molecule has 0 fully saturated rings. The topological polar surface area (TPSA) is 18.5 Å². The molecule has 0 saturated carbocycles. The molecule has 0 N–H and O–H groups in total. The molecule has 4 heteroatoms. The fourth-order valence-electron chi connectivity index (χ4n) is 3.79. The second-order valence-electron chi connectivity index (χ2n) is 6.91. The second-order valence-corrected chi connectivity index (χ2v) is 7.72. The third-order valence-corrected chi connectivity index (χ3v) is 5.68. The molecule has 0 amide bonds. The Morgan fingerprint density at radius 1 is 0.720 bits per heavy atom. The van der Waals surface area contributed by atoms with Crippen LogP contribution < -0.4 is 9.47 Å². The van der Waals surface area contributed by atoms with E-state index in [1.54, 1.807) is 12.1 Å². The molecule has 2 aliphatic rings. The Morgan fingerprint density at radius 2 is 1.32 bits per heavy atom. The first kappa shape index (κ1) is 15.1. The summed E-state index contributed by atoms with van der Waals surface area (Å²) in [6.45, 7) is 4.46. The van der Waals surface area contributed by atoms with Gasteiger partial charge in [-0.2, -0.15) is 0 Å². The largest absolute Gasteiger partial charge is 0.448 e. The minimum atomic E-state index is -0.0945. The van der Waals surface area contributed by atoms with Gasteiger partial charge in [-0.3, -0.25) is 0 Å². The van der Waals surface area contributed by atoms with Gasteiger partial charge in [0.2, 0.25) is 0 Å². The lowest BCUT2D eigenvalue weighted by molar-refractivity contribution is 0.359. The molecule has 0 spiro atoms. The van der Waals surface area contributed by atoms with Crippen LogP contribution in [-0.4, -0.2) is 0 Å². The highest BCUT2D eigenvalue weighted by Crippen LogP contribution is 2.56. The average molecular weight is 369 g/mol. The smallest absolute Gasteiger partial charge is 0.190 e. The third kappa shape index (κ3) is 1.98. The van der Waals surface area contributed by atoms with Gasteiger partial charge in [0, 0.05) is 5.41 Å². The third-order valence-electron chi connectivity index (χ3n) is 5.09. The summed E-state index contributed by atoms with van der Waals surface area (Å²) in [6.07, 6.45) is 0. The number of hydrogen-bond donors (Lipinski definition) is 0. The van der Waals surface area contributed by atoms with Gasteiger partial charge in [-0.05, 0) is 46.5 Å². The number of fused-ring (bicyclic) bond motifs is 5. The summed E-state index contributed by atoms with van der Waals surface area (Å²) >= 11 is 12.5. The highest BCUT2D eigenvalue weighted by atomic mass is 35.5. The maximum atomic E-state index is 6.26. The summed E-state index contributed by atoms with van der Waals surface area (Å²) < 4.78 is 12.1. The molecule has 0 aromatic heterocycles. The molecule has 0 bridgehead atoms. The lowest BCUT2D eigenvalue weighted by atomic mass is 9.82. The van der Waals surface area contributed by atoms with E-state index in [2.05, 4.69) is 44.2 Å². The number of ether oxygens (including phenoxy) is 2. The van der Waals surface area contributed by atoms with Gasteiger partial charge in [-0.1, -0.05) is 61.3 Å². The number of halogens is 2. The minimum absolute atomic E-state index is 0.0945. The van der Waals surface area contributed by atoms with Crippen LogP contribution in [0.2, 0.25) is 10.0 Å². The van der Waals surface area contributed by atoms with Crippen molar-refractivity contribution in [3.05, 3.63) is 69.7 Å². The molecule has 25 heavy (non-hydrogen) atoms. The van der Waals surface area contributed by atoms with Crippen LogP contribution in [0.1, 0.15) is 25.0 Å². The summed E-state index contributed by atoms with van der Waals surface area (Å²) in [5.41, 5.74) is 4.84. The van der Waals surface area contributed by atoms with Gasteiger partial charge in [-0.25, -0.2) is 0 Å². The van der Waals surface area contributed by atoms with Crippen LogP contribution in [0.5, 0.6) is 23.0 Å². The van der Waals surface area contributed by atoms with Crippen molar-refractivity contribution in [3.8, 4) is 34.1 Å². The van der Waals surface area contributed by atoms with Crippen molar-refractivity contribution in [2.75, 3.05) is 0 Å². The first-order valence-electron chi connectivity index (χ1n) is 8.09. The van der Waals surface area contributed by atoms with Gasteiger partial charge >= 0.3 is 0 Å².